The molecular weight excluding hydrogens is 249 g/mol. The van der Waals surface area contributed by atoms with Crippen LogP contribution in [-0.4, -0.2) is 34.5 Å². The molecule has 1 unspecified atom stereocenters. The number of carboxylic acid groups (broad SMARTS) is 1. The van der Waals surface area contributed by atoms with Crippen molar-refractivity contribution in [1.29, 1.82) is 0 Å². The van der Waals surface area contributed by atoms with Crippen LogP contribution in [0.15, 0.2) is 24.3 Å². The smallest absolute Gasteiger partial charge is 0.326 e. The van der Waals surface area contributed by atoms with Gasteiger partial charge in [-0.05, 0) is 37.5 Å². The summed E-state index contributed by atoms with van der Waals surface area (Å²) < 4.78 is 13.2. The van der Waals surface area contributed by atoms with Gasteiger partial charge >= 0.3 is 5.97 Å². The van der Waals surface area contributed by atoms with Crippen molar-refractivity contribution >= 4 is 11.9 Å². The Morgan fingerprint density at radius 1 is 1.47 bits per heavy atom. The van der Waals surface area contributed by atoms with Crippen molar-refractivity contribution in [2.24, 2.45) is 0 Å². The van der Waals surface area contributed by atoms with Crippen LogP contribution in [0.5, 0.6) is 0 Å². The molecular formula is C14H16FNO3. The molecule has 102 valence electrons. The molecule has 0 radical (unpaired) electrons. The molecule has 1 N–H and O–H groups in total. The molecule has 1 aliphatic rings. The largest absolute Gasteiger partial charge is 0.480 e. The molecule has 1 amide bonds. The Hall–Kier alpha value is -1.91. The van der Waals surface area contributed by atoms with Crippen molar-refractivity contribution in [2.75, 3.05) is 6.54 Å². The summed E-state index contributed by atoms with van der Waals surface area (Å²) in [6, 6.07) is 5.11. The molecule has 19 heavy (non-hydrogen) atoms. The minimum Gasteiger partial charge on any atom is -0.480 e. The van der Waals surface area contributed by atoms with E-state index in [0.29, 0.717) is 24.9 Å². The van der Waals surface area contributed by atoms with Gasteiger partial charge < -0.3 is 10.0 Å². The Kier molecular flexibility index (Phi) is 3.83. The Morgan fingerprint density at radius 3 is 2.84 bits per heavy atom. The molecule has 2 rings (SSSR count). The van der Waals surface area contributed by atoms with Crippen molar-refractivity contribution < 1.29 is 19.1 Å². The van der Waals surface area contributed by atoms with E-state index < -0.39 is 23.7 Å². The first kappa shape index (κ1) is 13.5. The van der Waals surface area contributed by atoms with Gasteiger partial charge in [0.2, 0.25) is 5.91 Å². The zero-order chi connectivity index (χ0) is 14.0. The maximum absolute atomic E-state index is 13.2. The lowest BCUT2D eigenvalue weighted by Crippen LogP contribution is -2.42. The van der Waals surface area contributed by atoms with Crippen LogP contribution in [0, 0.1) is 5.82 Å². The van der Waals surface area contributed by atoms with E-state index in [9.17, 15) is 14.0 Å². The minimum absolute atomic E-state index is 0.254. The van der Waals surface area contributed by atoms with E-state index in [0.717, 1.165) is 0 Å². The summed E-state index contributed by atoms with van der Waals surface area (Å²) in [4.78, 5) is 24.8. The summed E-state index contributed by atoms with van der Waals surface area (Å²) in [6.07, 6.45) is 1.18. The van der Waals surface area contributed by atoms with Crippen molar-refractivity contribution in [3.05, 3.63) is 35.6 Å². The van der Waals surface area contributed by atoms with E-state index in [-0.39, 0.29) is 5.91 Å². The summed E-state index contributed by atoms with van der Waals surface area (Å²) in [5.74, 6) is -2.16. The maximum atomic E-state index is 13.2. The van der Waals surface area contributed by atoms with Crippen molar-refractivity contribution in [1.82, 2.24) is 4.90 Å². The SMILES string of the molecule is CC(C(=O)N1CCC[C@H]1C(=O)O)c1cccc(F)c1. The fourth-order valence-electron chi connectivity index (χ4n) is 2.45. The number of halogens is 1. The normalized spacial score (nSPS) is 20.3. The van der Waals surface area contributed by atoms with Crippen molar-refractivity contribution in [2.45, 2.75) is 31.7 Å². The van der Waals surface area contributed by atoms with E-state index in [1.165, 1.54) is 17.0 Å². The van der Waals surface area contributed by atoms with Crippen LogP contribution in [0.4, 0.5) is 4.39 Å². The highest BCUT2D eigenvalue weighted by atomic mass is 19.1. The molecule has 0 aromatic heterocycles. The van der Waals surface area contributed by atoms with Gasteiger partial charge in [0.05, 0.1) is 5.92 Å². The molecule has 4 nitrogen and oxygen atoms in total. The van der Waals surface area contributed by atoms with Crippen LogP contribution < -0.4 is 0 Å². The van der Waals surface area contributed by atoms with Crippen LogP contribution in [0.2, 0.25) is 0 Å². The summed E-state index contributed by atoms with van der Waals surface area (Å²) in [7, 11) is 0. The second-order valence-corrected chi connectivity index (χ2v) is 4.80. The Balaban J connectivity index is 2.17. The van der Waals surface area contributed by atoms with Gasteiger partial charge in [0.1, 0.15) is 11.9 Å². The average molecular weight is 265 g/mol. The number of carbonyl (C=O) groups excluding carboxylic acids is 1. The standard InChI is InChI=1S/C14H16FNO3/c1-9(10-4-2-5-11(15)8-10)13(17)16-7-3-6-12(16)14(18)19/h2,4-5,8-9,12H,3,6-7H2,1H3,(H,18,19)/t9?,12-/m0/s1. The molecule has 1 aliphatic heterocycles. The van der Waals surface area contributed by atoms with Gasteiger partial charge in [-0.15, -0.1) is 0 Å². The van der Waals surface area contributed by atoms with Gasteiger partial charge in [0.15, 0.2) is 0 Å². The number of amides is 1. The molecule has 2 atom stereocenters. The fourth-order valence-corrected chi connectivity index (χ4v) is 2.45. The van der Waals surface area contributed by atoms with Gasteiger partial charge in [-0.2, -0.15) is 0 Å². The molecule has 1 aromatic carbocycles. The molecule has 1 fully saturated rings. The second-order valence-electron chi connectivity index (χ2n) is 4.80. The number of hydrogen-bond acceptors (Lipinski definition) is 2. The van der Waals surface area contributed by atoms with Crippen LogP contribution in [-0.2, 0) is 9.59 Å². The molecule has 1 aromatic rings. The predicted octanol–water partition coefficient (Wildman–Crippen LogP) is 2.00. The van der Waals surface area contributed by atoms with Crippen molar-refractivity contribution in [3.8, 4) is 0 Å². The Morgan fingerprint density at radius 2 is 2.21 bits per heavy atom. The molecule has 0 bridgehead atoms. The van der Waals surface area contributed by atoms with E-state index in [2.05, 4.69) is 0 Å². The fraction of sp³-hybridized carbons (Fsp3) is 0.429. The lowest BCUT2D eigenvalue weighted by atomic mass is 9.99. The quantitative estimate of drug-likeness (QED) is 0.909. The molecule has 1 heterocycles. The zero-order valence-corrected chi connectivity index (χ0v) is 10.7. The van der Waals surface area contributed by atoms with E-state index in [4.69, 9.17) is 5.11 Å². The first-order valence-corrected chi connectivity index (χ1v) is 6.29. The summed E-state index contributed by atoms with van der Waals surface area (Å²) >= 11 is 0. The number of hydrogen-bond donors (Lipinski definition) is 1. The molecule has 0 spiro atoms. The third kappa shape index (κ3) is 2.75. The number of benzene rings is 1. The van der Waals surface area contributed by atoms with Gasteiger partial charge in [0, 0.05) is 6.54 Å². The Labute approximate surface area is 110 Å². The topological polar surface area (TPSA) is 57.6 Å². The maximum Gasteiger partial charge on any atom is 0.326 e. The van der Waals surface area contributed by atoms with E-state index in [1.807, 2.05) is 0 Å². The monoisotopic (exact) mass is 265 g/mol. The summed E-state index contributed by atoms with van der Waals surface area (Å²) in [6.45, 7) is 2.13. The number of aliphatic carboxylic acids is 1. The van der Waals surface area contributed by atoms with Crippen LogP contribution in [0.1, 0.15) is 31.2 Å². The summed E-state index contributed by atoms with van der Waals surface area (Å²) in [5, 5.41) is 9.08. The minimum atomic E-state index is -0.975. The predicted molar refractivity (Wildman–Crippen MR) is 67.2 cm³/mol. The lowest BCUT2D eigenvalue weighted by Gasteiger charge is -2.25. The van der Waals surface area contributed by atoms with Crippen molar-refractivity contribution in [3.63, 3.8) is 0 Å². The number of nitrogens with zero attached hydrogens (tertiary/aromatic N) is 1. The average Bonchev–Trinajstić information content (AvgIpc) is 2.86. The third-order valence-electron chi connectivity index (χ3n) is 3.54. The van der Waals surface area contributed by atoms with Gasteiger partial charge in [0.25, 0.3) is 0 Å². The van der Waals surface area contributed by atoms with Crippen LogP contribution >= 0.6 is 0 Å². The van der Waals surface area contributed by atoms with Crippen LogP contribution in [0.3, 0.4) is 0 Å². The number of carbonyl (C=O) groups is 2. The van der Waals surface area contributed by atoms with Crippen LogP contribution in [0.25, 0.3) is 0 Å². The van der Waals surface area contributed by atoms with Gasteiger partial charge in [-0.3, -0.25) is 4.79 Å². The molecule has 0 aliphatic carbocycles. The highest BCUT2D eigenvalue weighted by Crippen LogP contribution is 2.25. The number of likely N-dealkylation sites (tertiary alicyclic amines) is 1. The van der Waals surface area contributed by atoms with E-state index >= 15 is 0 Å². The molecule has 0 saturated carbocycles. The first-order valence-electron chi connectivity index (χ1n) is 6.29. The molecule has 5 heteroatoms. The zero-order valence-electron chi connectivity index (χ0n) is 10.7. The first-order chi connectivity index (χ1) is 9.00. The highest BCUT2D eigenvalue weighted by Gasteiger charge is 2.36. The summed E-state index contributed by atoms with van der Waals surface area (Å²) in [5.41, 5.74) is 0.570. The van der Waals surface area contributed by atoms with Gasteiger partial charge in [-0.1, -0.05) is 12.1 Å². The molecule has 1 saturated heterocycles. The second kappa shape index (κ2) is 5.38. The highest BCUT2D eigenvalue weighted by molar-refractivity contribution is 5.88. The lowest BCUT2D eigenvalue weighted by molar-refractivity contribution is -0.148. The third-order valence-corrected chi connectivity index (χ3v) is 3.54. The number of rotatable bonds is 3. The number of carboxylic acids is 1. The van der Waals surface area contributed by atoms with Gasteiger partial charge in [-0.25, -0.2) is 9.18 Å². The van der Waals surface area contributed by atoms with E-state index in [1.54, 1.807) is 19.1 Å². The Bertz CT molecular complexity index is 503.